The lowest BCUT2D eigenvalue weighted by Crippen LogP contribution is -2.55. The summed E-state index contributed by atoms with van der Waals surface area (Å²) in [5, 5.41) is 3.49. The summed E-state index contributed by atoms with van der Waals surface area (Å²) in [5.41, 5.74) is 1.33. The van der Waals surface area contributed by atoms with Crippen LogP contribution in [0.2, 0.25) is 0 Å². The van der Waals surface area contributed by atoms with Crippen molar-refractivity contribution in [3.63, 3.8) is 0 Å². The summed E-state index contributed by atoms with van der Waals surface area (Å²) in [6.07, 6.45) is 4.66. The van der Waals surface area contributed by atoms with Crippen LogP contribution in [0.25, 0.3) is 0 Å². The zero-order chi connectivity index (χ0) is 14.8. The fraction of sp³-hybridized carbons (Fsp3) is 0.706. The zero-order valence-corrected chi connectivity index (χ0v) is 13.5. The second-order valence-electron chi connectivity index (χ2n) is 6.85. The van der Waals surface area contributed by atoms with Gasteiger partial charge in [-0.1, -0.05) is 13.8 Å². The van der Waals surface area contributed by atoms with Gasteiger partial charge in [0.1, 0.15) is 5.82 Å². The van der Waals surface area contributed by atoms with E-state index in [0.717, 1.165) is 24.9 Å². The average molecular weight is 288 g/mol. The van der Waals surface area contributed by atoms with E-state index in [4.69, 9.17) is 0 Å². The van der Waals surface area contributed by atoms with Crippen molar-refractivity contribution in [2.24, 2.45) is 0 Å². The first-order valence-corrected chi connectivity index (χ1v) is 8.32. The van der Waals surface area contributed by atoms with Crippen LogP contribution in [-0.4, -0.2) is 47.6 Å². The van der Waals surface area contributed by atoms with E-state index in [1.807, 2.05) is 6.20 Å². The van der Waals surface area contributed by atoms with E-state index < -0.39 is 0 Å². The Balaban J connectivity index is 1.71. The van der Waals surface area contributed by atoms with Crippen LogP contribution in [0.15, 0.2) is 18.3 Å². The topological polar surface area (TPSA) is 31.4 Å². The van der Waals surface area contributed by atoms with Crippen molar-refractivity contribution in [3.8, 4) is 0 Å². The van der Waals surface area contributed by atoms with Gasteiger partial charge in [-0.25, -0.2) is 4.98 Å². The quantitative estimate of drug-likeness (QED) is 0.921. The lowest BCUT2D eigenvalue weighted by atomic mass is 10.1. The largest absolute Gasteiger partial charge is 0.351 e. The van der Waals surface area contributed by atoms with Gasteiger partial charge in [-0.2, -0.15) is 0 Å². The van der Waals surface area contributed by atoms with Crippen LogP contribution in [0.1, 0.15) is 39.2 Å². The third kappa shape index (κ3) is 3.38. The molecule has 4 heteroatoms. The number of anilines is 1. The van der Waals surface area contributed by atoms with E-state index >= 15 is 0 Å². The van der Waals surface area contributed by atoms with Crippen LogP contribution in [-0.2, 0) is 6.54 Å². The highest BCUT2D eigenvalue weighted by molar-refractivity contribution is 5.43. The summed E-state index contributed by atoms with van der Waals surface area (Å²) in [4.78, 5) is 9.80. The molecule has 1 aromatic rings. The molecule has 4 nitrogen and oxygen atoms in total. The van der Waals surface area contributed by atoms with Crippen molar-refractivity contribution in [1.82, 2.24) is 15.2 Å². The average Bonchev–Trinajstić information content (AvgIpc) is 2.91. The van der Waals surface area contributed by atoms with Gasteiger partial charge in [-0.05, 0) is 44.0 Å². The molecule has 21 heavy (non-hydrogen) atoms. The number of nitrogens with zero attached hydrogens (tertiary/aromatic N) is 3. The molecule has 2 aliphatic rings. The van der Waals surface area contributed by atoms with Gasteiger partial charge in [0, 0.05) is 44.0 Å². The number of rotatable bonds is 4. The molecule has 0 spiro atoms. The van der Waals surface area contributed by atoms with Crippen molar-refractivity contribution < 1.29 is 0 Å². The lowest BCUT2D eigenvalue weighted by Gasteiger charge is -2.43. The molecule has 3 rings (SSSR count). The van der Waals surface area contributed by atoms with Crippen LogP contribution in [0, 0.1) is 0 Å². The van der Waals surface area contributed by atoms with E-state index in [2.05, 4.69) is 53.0 Å². The molecule has 2 aliphatic heterocycles. The molecule has 0 radical (unpaired) electrons. The Morgan fingerprint density at radius 1 is 1.38 bits per heavy atom. The van der Waals surface area contributed by atoms with Crippen molar-refractivity contribution in [2.45, 2.75) is 58.3 Å². The van der Waals surface area contributed by atoms with E-state index in [1.54, 1.807) is 0 Å². The SMILES string of the molecule is CC(C)NCc1ccnc(N2CC3CCCN3CC2C)c1. The Kier molecular flexibility index (Phi) is 4.45. The molecule has 3 heterocycles. The summed E-state index contributed by atoms with van der Waals surface area (Å²) < 4.78 is 0. The highest BCUT2D eigenvalue weighted by Crippen LogP contribution is 2.27. The van der Waals surface area contributed by atoms with Crippen LogP contribution in [0.5, 0.6) is 0 Å². The molecule has 116 valence electrons. The molecule has 1 aromatic heterocycles. The summed E-state index contributed by atoms with van der Waals surface area (Å²) in [6.45, 7) is 11.2. The van der Waals surface area contributed by atoms with Gasteiger partial charge in [0.25, 0.3) is 0 Å². The van der Waals surface area contributed by atoms with Crippen LogP contribution >= 0.6 is 0 Å². The maximum atomic E-state index is 4.63. The second kappa shape index (κ2) is 6.32. The van der Waals surface area contributed by atoms with Crippen molar-refractivity contribution in [2.75, 3.05) is 24.5 Å². The number of aromatic nitrogens is 1. The van der Waals surface area contributed by atoms with E-state index in [-0.39, 0.29) is 0 Å². The summed E-state index contributed by atoms with van der Waals surface area (Å²) in [6, 6.07) is 6.19. The maximum Gasteiger partial charge on any atom is 0.129 e. The molecule has 0 bridgehead atoms. The Morgan fingerprint density at radius 2 is 2.24 bits per heavy atom. The van der Waals surface area contributed by atoms with Crippen molar-refractivity contribution in [1.29, 1.82) is 0 Å². The molecule has 2 atom stereocenters. The molecule has 1 N–H and O–H groups in total. The van der Waals surface area contributed by atoms with Crippen LogP contribution in [0.3, 0.4) is 0 Å². The number of piperazine rings is 1. The van der Waals surface area contributed by atoms with Gasteiger partial charge in [0.15, 0.2) is 0 Å². The molecule has 2 fully saturated rings. The first-order chi connectivity index (χ1) is 10.1. The predicted molar refractivity (Wildman–Crippen MR) is 87.6 cm³/mol. The maximum absolute atomic E-state index is 4.63. The van der Waals surface area contributed by atoms with Crippen molar-refractivity contribution in [3.05, 3.63) is 23.9 Å². The molecule has 0 saturated carbocycles. The van der Waals surface area contributed by atoms with Crippen LogP contribution in [0.4, 0.5) is 5.82 Å². The van der Waals surface area contributed by atoms with Gasteiger partial charge in [0.2, 0.25) is 0 Å². The number of hydrogen-bond donors (Lipinski definition) is 1. The monoisotopic (exact) mass is 288 g/mol. The molecule has 2 unspecified atom stereocenters. The first-order valence-electron chi connectivity index (χ1n) is 8.32. The van der Waals surface area contributed by atoms with E-state index in [9.17, 15) is 0 Å². The predicted octanol–water partition coefficient (Wildman–Crippen LogP) is 2.25. The summed E-state index contributed by atoms with van der Waals surface area (Å²) in [5.74, 6) is 1.15. The number of hydrogen-bond acceptors (Lipinski definition) is 4. The third-order valence-electron chi connectivity index (χ3n) is 4.76. The van der Waals surface area contributed by atoms with E-state index in [1.165, 1.54) is 31.5 Å². The molecule has 2 saturated heterocycles. The summed E-state index contributed by atoms with van der Waals surface area (Å²) in [7, 11) is 0. The molecular formula is C17H28N4. The van der Waals surface area contributed by atoms with Gasteiger partial charge >= 0.3 is 0 Å². The standard InChI is InChI=1S/C17H28N4/c1-13(2)19-10-15-6-7-18-17(9-15)21-12-16-5-4-8-20(16)11-14(21)3/h6-7,9,13-14,16,19H,4-5,8,10-12H2,1-3H3. The minimum atomic E-state index is 0.516. The van der Waals surface area contributed by atoms with Gasteiger partial charge < -0.3 is 10.2 Å². The Morgan fingerprint density at radius 3 is 3.05 bits per heavy atom. The van der Waals surface area contributed by atoms with Crippen LogP contribution < -0.4 is 10.2 Å². The zero-order valence-electron chi connectivity index (χ0n) is 13.5. The van der Waals surface area contributed by atoms with Gasteiger partial charge in [-0.3, -0.25) is 4.90 Å². The van der Waals surface area contributed by atoms with E-state index in [0.29, 0.717) is 12.1 Å². The van der Waals surface area contributed by atoms with Gasteiger partial charge in [-0.15, -0.1) is 0 Å². The minimum absolute atomic E-state index is 0.516. The summed E-state index contributed by atoms with van der Waals surface area (Å²) >= 11 is 0. The number of nitrogens with one attached hydrogen (secondary N) is 1. The fourth-order valence-corrected chi connectivity index (χ4v) is 3.56. The highest BCUT2D eigenvalue weighted by atomic mass is 15.3. The number of pyridine rings is 1. The lowest BCUT2D eigenvalue weighted by molar-refractivity contribution is 0.202. The normalized spacial score (nSPS) is 26.4. The highest BCUT2D eigenvalue weighted by Gasteiger charge is 2.34. The first kappa shape index (κ1) is 14.8. The number of fused-ring (bicyclic) bond motifs is 1. The minimum Gasteiger partial charge on any atom is -0.351 e. The smallest absolute Gasteiger partial charge is 0.129 e. The molecule has 0 amide bonds. The fourth-order valence-electron chi connectivity index (χ4n) is 3.56. The Hall–Kier alpha value is -1.13. The Bertz CT molecular complexity index is 474. The molecule has 0 aromatic carbocycles. The molecular weight excluding hydrogens is 260 g/mol. The second-order valence-corrected chi connectivity index (χ2v) is 6.85. The third-order valence-corrected chi connectivity index (χ3v) is 4.76. The van der Waals surface area contributed by atoms with Gasteiger partial charge in [0.05, 0.1) is 0 Å². The Labute approximate surface area is 128 Å². The van der Waals surface area contributed by atoms with Crippen molar-refractivity contribution >= 4 is 5.82 Å². The molecule has 0 aliphatic carbocycles.